The van der Waals surface area contributed by atoms with Gasteiger partial charge in [0.15, 0.2) is 0 Å². The van der Waals surface area contributed by atoms with Crippen molar-refractivity contribution >= 4 is 18.4 Å². The molecule has 0 unspecified atom stereocenters. The first kappa shape index (κ1) is 39.8. The van der Waals surface area contributed by atoms with Crippen LogP contribution in [0.5, 0.6) is 0 Å². The summed E-state index contributed by atoms with van der Waals surface area (Å²) in [4.78, 5) is 0. The van der Waals surface area contributed by atoms with Crippen molar-refractivity contribution in [3.05, 3.63) is 60.7 Å². The minimum atomic E-state index is -1.75. The Bertz CT molecular complexity index is 786. The number of rotatable bonds is 32. The van der Waals surface area contributed by atoms with Gasteiger partial charge in [0.1, 0.15) is 8.07 Å². The minimum absolute atomic E-state index is 1.36. The lowest BCUT2D eigenvalue weighted by Gasteiger charge is -2.33. The van der Waals surface area contributed by atoms with Crippen LogP contribution in [0.15, 0.2) is 60.7 Å². The van der Waals surface area contributed by atoms with E-state index in [4.69, 9.17) is 0 Å². The zero-order valence-electron chi connectivity index (χ0n) is 30.5. The molecule has 0 nitrogen and oxygen atoms in total. The average molecular weight is 633 g/mol. The fourth-order valence-corrected chi connectivity index (χ4v) is 12.7. The van der Waals surface area contributed by atoms with E-state index in [1.54, 1.807) is 10.4 Å². The Kier molecular flexibility index (Phi) is 25.5. The fourth-order valence-electron chi connectivity index (χ4n) is 7.63. The third-order valence-electron chi connectivity index (χ3n) is 10.6. The van der Waals surface area contributed by atoms with Crippen molar-refractivity contribution in [2.75, 3.05) is 0 Å². The van der Waals surface area contributed by atoms with E-state index >= 15 is 0 Å². The molecule has 2 aromatic carbocycles. The molecule has 0 saturated carbocycles. The van der Waals surface area contributed by atoms with Crippen LogP contribution >= 0.6 is 0 Å². The van der Waals surface area contributed by atoms with Gasteiger partial charge in [0.05, 0.1) is 0 Å². The van der Waals surface area contributed by atoms with Gasteiger partial charge in [0.2, 0.25) is 0 Å². The van der Waals surface area contributed by atoms with Gasteiger partial charge in [0, 0.05) is 0 Å². The van der Waals surface area contributed by atoms with Crippen LogP contribution in [0.4, 0.5) is 0 Å². The summed E-state index contributed by atoms with van der Waals surface area (Å²) in [6.07, 6.45) is 40.4. The van der Waals surface area contributed by atoms with Crippen molar-refractivity contribution in [1.82, 2.24) is 0 Å². The molecule has 0 amide bonds. The van der Waals surface area contributed by atoms with Crippen molar-refractivity contribution in [3.63, 3.8) is 0 Å². The van der Waals surface area contributed by atoms with Crippen molar-refractivity contribution in [2.45, 2.75) is 206 Å². The Morgan fingerprint density at radius 2 is 0.511 bits per heavy atom. The molecule has 1 heteroatoms. The molecule has 45 heavy (non-hydrogen) atoms. The molecule has 0 heterocycles. The van der Waals surface area contributed by atoms with E-state index < -0.39 is 8.07 Å². The molecule has 0 fully saturated rings. The maximum absolute atomic E-state index is 2.48. The lowest BCUT2D eigenvalue weighted by Crippen LogP contribution is -2.58. The molecule has 0 atom stereocenters. The van der Waals surface area contributed by atoms with Gasteiger partial charge in [0.25, 0.3) is 0 Å². The molecule has 0 aromatic heterocycles. The third-order valence-corrected chi connectivity index (χ3v) is 15.9. The predicted octanol–water partition coefficient (Wildman–Crippen LogP) is 14.2. The topological polar surface area (TPSA) is 0 Å². The molecule has 0 saturated heterocycles. The van der Waals surface area contributed by atoms with Gasteiger partial charge >= 0.3 is 0 Å². The number of hydrogen-bond donors (Lipinski definition) is 0. The minimum Gasteiger partial charge on any atom is -0.0654 e. The number of unbranched alkanes of at least 4 members (excludes halogenated alkanes) is 26. The van der Waals surface area contributed by atoms with Crippen LogP contribution in [0.1, 0.15) is 194 Å². The summed E-state index contributed by atoms with van der Waals surface area (Å²) in [5.41, 5.74) is 0. The summed E-state index contributed by atoms with van der Waals surface area (Å²) in [5, 5.41) is 3.36. The maximum Gasteiger partial charge on any atom is 0.118 e. The number of benzene rings is 2. The highest BCUT2D eigenvalue weighted by Crippen LogP contribution is 2.25. The molecular weight excluding hydrogens is 557 g/mol. The monoisotopic (exact) mass is 633 g/mol. The predicted molar refractivity (Wildman–Crippen MR) is 208 cm³/mol. The molecular formula is C44H76Si. The molecule has 0 radical (unpaired) electrons. The summed E-state index contributed by atoms with van der Waals surface area (Å²) in [5.74, 6) is 0. The van der Waals surface area contributed by atoms with Crippen LogP contribution in [-0.4, -0.2) is 8.07 Å². The second kappa shape index (κ2) is 28.8. The summed E-state index contributed by atoms with van der Waals surface area (Å²) >= 11 is 0. The summed E-state index contributed by atoms with van der Waals surface area (Å²) in [6, 6.07) is 26.4. The number of hydrogen-bond acceptors (Lipinski definition) is 0. The highest BCUT2D eigenvalue weighted by Gasteiger charge is 2.35. The lowest BCUT2D eigenvalue weighted by molar-refractivity contribution is 0.537. The van der Waals surface area contributed by atoms with Crippen molar-refractivity contribution in [1.29, 1.82) is 0 Å². The molecule has 2 aromatic rings. The van der Waals surface area contributed by atoms with Gasteiger partial charge in [-0.2, -0.15) is 0 Å². The SMILES string of the molecule is CCCCCCCCCCCCCCCC[Si](CCCCCCCCCCCCCCCC)(c1ccccc1)c1ccccc1. The van der Waals surface area contributed by atoms with Gasteiger partial charge in [-0.25, -0.2) is 0 Å². The van der Waals surface area contributed by atoms with Crippen LogP contribution < -0.4 is 10.4 Å². The quantitative estimate of drug-likeness (QED) is 0.0556. The van der Waals surface area contributed by atoms with E-state index in [-0.39, 0.29) is 0 Å². The highest BCUT2D eigenvalue weighted by molar-refractivity contribution is 7.02. The molecule has 0 spiro atoms. The van der Waals surface area contributed by atoms with Gasteiger partial charge in [-0.1, -0.05) is 265 Å². The average Bonchev–Trinajstić information content (AvgIpc) is 3.08. The second-order valence-electron chi connectivity index (χ2n) is 14.5. The standard InChI is InChI=1S/C44H76Si/c1-3-5-7-9-11-13-15-17-19-21-23-25-27-35-41-45(43-37-31-29-32-38-43,44-39-33-30-34-40-44)42-36-28-26-24-22-20-18-16-14-12-10-8-6-4-2/h29-34,37-40H,3-28,35-36,41-42H2,1-2H3. The molecule has 0 aliphatic rings. The zero-order valence-corrected chi connectivity index (χ0v) is 31.5. The Balaban J connectivity index is 1.71. The molecule has 0 aliphatic carbocycles. The zero-order chi connectivity index (χ0) is 31.9. The summed E-state index contributed by atoms with van der Waals surface area (Å²) in [7, 11) is -1.75. The molecule has 0 aliphatic heterocycles. The largest absolute Gasteiger partial charge is 0.118 e. The van der Waals surface area contributed by atoms with Crippen molar-refractivity contribution in [3.8, 4) is 0 Å². The molecule has 0 bridgehead atoms. The Labute approximate surface area is 284 Å². The Morgan fingerprint density at radius 3 is 0.756 bits per heavy atom. The van der Waals surface area contributed by atoms with Crippen LogP contribution in [0.2, 0.25) is 12.1 Å². The summed E-state index contributed by atoms with van der Waals surface area (Å²) < 4.78 is 0. The van der Waals surface area contributed by atoms with E-state index in [1.165, 1.54) is 192 Å². The van der Waals surface area contributed by atoms with E-state index in [2.05, 4.69) is 74.5 Å². The molecule has 256 valence electrons. The first-order valence-electron chi connectivity index (χ1n) is 20.4. The van der Waals surface area contributed by atoms with Gasteiger partial charge in [-0.05, 0) is 12.1 Å². The first-order chi connectivity index (χ1) is 22.3. The van der Waals surface area contributed by atoms with E-state index in [1.807, 2.05) is 0 Å². The van der Waals surface area contributed by atoms with Crippen LogP contribution in [0.25, 0.3) is 0 Å². The smallest absolute Gasteiger partial charge is 0.0654 e. The normalized spacial score (nSPS) is 11.8. The van der Waals surface area contributed by atoms with Crippen molar-refractivity contribution in [2.24, 2.45) is 0 Å². The van der Waals surface area contributed by atoms with E-state index in [9.17, 15) is 0 Å². The van der Waals surface area contributed by atoms with Gasteiger partial charge < -0.3 is 0 Å². The van der Waals surface area contributed by atoms with E-state index in [0.29, 0.717) is 0 Å². The first-order valence-corrected chi connectivity index (χ1v) is 22.9. The third kappa shape index (κ3) is 19.2. The van der Waals surface area contributed by atoms with Crippen LogP contribution in [0.3, 0.4) is 0 Å². The van der Waals surface area contributed by atoms with Crippen molar-refractivity contribution < 1.29 is 0 Å². The Hall–Kier alpha value is -1.34. The maximum atomic E-state index is 2.48. The lowest BCUT2D eigenvalue weighted by atomic mass is 10.0. The fraction of sp³-hybridized carbons (Fsp3) is 0.727. The van der Waals surface area contributed by atoms with Gasteiger partial charge in [-0.3, -0.25) is 0 Å². The second-order valence-corrected chi connectivity index (χ2v) is 18.8. The highest BCUT2D eigenvalue weighted by atomic mass is 28.3. The molecule has 0 N–H and O–H groups in total. The Morgan fingerprint density at radius 1 is 0.289 bits per heavy atom. The van der Waals surface area contributed by atoms with Crippen LogP contribution in [0, 0.1) is 0 Å². The van der Waals surface area contributed by atoms with Crippen LogP contribution in [-0.2, 0) is 0 Å². The van der Waals surface area contributed by atoms with E-state index in [0.717, 1.165) is 0 Å². The summed E-state index contributed by atoms with van der Waals surface area (Å²) in [6.45, 7) is 4.62. The molecule has 2 rings (SSSR count). The van der Waals surface area contributed by atoms with Gasteiger partial charge in [-0.15, -0.1) is 0 Å².